The van der Waals surface area contributed by atoms with E-state index in [2.05, 4.69) is 15.9 Å². The van der Waals surface area contributed by atoms with E-state index in [1.54, 1.807) is 19.2 Å². The molecule has 1 saturated heterocycles. The third-order valence-corrected chi connectivity index (χ3v) is 4.58. The van der Waals surface area contributed by atoms with Crippen molar-refractivity contribution in [1.82, 2.24) is 0 Å². The molecule has 3 rings (SSSR count). The van der Waals surface area contributed by atoms with Gasteiger partial charge >= 0.3 is 5.97 Å². The maximum atomic E-state index is 12.5. The van der Waals surface area contributed by atoms with E-state index in [1.165, 1.54) is 4.90 Å². The second kappa shape index (κ2) is 4.05. The van der Waals surface area contributed by atoms with E-state index in [0.717, 1.165) is 5.56 Å². The zero-order chi connectivity index (χ0) is 13.8. The van der Waals surface area contributed by atoms with Crippen molar-refractivity contribution in [3.8, 4) is 0 Å². The first-order valence-electron chi connectivity index (χ1n) is 5.90. The number of rotatable bonds is 1. The molecule has 5 nitrogen and oxygen atoms in total. The largest absolute Gasteiger partial charge is 0.478 e. The number of ether oxygens (including phenoxy) is 1. The molecule has 1 fully saturated rings. The molecule has 2 aliphatic rings. The Morgan fingerprint density at radius 2 is 2.26 bits per heavy atom. The number of fused-ring (bicyclic) bond motifs is 2. The Morgan fingerprint density at radius 1 is 1.53 bits per heavy atom. The Kier molecular flexibility index (Phi) is 2.69. The van der Waals surface area contributed by atoms with Crippen molar-refractivity contribution < 1.29 is 19.4 Å². The molecule has 0 aliphatic carbocycles. The molecule has 19 heavy (non-hydrogen) atoms. The van der Waals surface area contributed by atoms with Gasteiger partial charge in [0.05, 0.1) is 12.2 Å². The maximum Gasteiger partial charge on any atom is 0.336 e. The number of amides is 1. The maximum absolute atomic E-state index is 12.5. The summed E-state index contributed by atoms with van der Waals surface area (Å²) in [6, 6.07) is 3.29. The predicted molar refractivity (Wildman–Crippen MR) is 71.6 cm³/mol. The van der Waals surface area contributed by atoms with Gasteiger partial charge in [-0.2, -0.15) is 0 Å². The minimum Gasteiger partial charge on any atom is -0.478 e. The monoisotopic (exact) mass is 325 g/mol. The lowest BCUT2D eigenvalue weighted by atomic mass is 9.81. The van der Waals surface area contributed by atoms with Crippen LogP contribution >= 0.6 is 15.9 Å². The second-order valence-corrected chi connectivity index (χ2v) is 5.76. The normalized spacial score (nSPS) is 25.2. The Balaban J connectivity index is 2.23. The van der Waals surface area contributed by atoms with E-state index in [9.17, 15) is 9.59 Å². The Labute approximate surface area is 118 Å². The lowest BCUT2D eigenvalue weighted by Crippen LogP contribution is -2.38. The molecule has 1 spiro atoms. The summed E-state index contributed by atoms with van der Waals surface area (Å²) in [7, 11) is 1.67. The molecule has 1 unspecified atom stereocenters. The first-order valence-corrected chi connectivity index (χ1v) is 6.70. The van der Waals surface area contributed by atoms with Gasteiger partial charge in [-0.3, -0.25) is 4.79 Å². The third-order valence-electron chi connectivity index (χ3n) is 3.93. The van der Waals surface area contributed by atoms with Crippen molar-refractivity contribution in [2.75, 3.05) is 25.2 Å². The lowest BCUT2D eigenvalue weighted by molar-refractivity contribution is -0.122. The van der Waals surface area contributed by atoms with Crippen molar-refractivity contribution in [1.29, 1.82) is 0 Å². The summed E-state index contributed by atoms with van der Waals surface area (Å²) in [5, 5.41) is 9.15. The molecule has 1 amide bonds. The SMILES string of the molecule is CN1C(=O)C2(CCOC2)c2cc(Br)c(C(=O)O)cc21. The van der Waals surface area contributed by atoms with Gasteiger partial charge in [-0.15, -0.1) is 0 Å². The fourth-order valence-electron chi connectivity index (χ4n) is 2.88. The van der Waals surface area contributed by atoms with Crippen molar-refractivity contribution in [2.24, 2.45) is 0 Å². The topological polar surface area (TPSA) is 66.8 Å². The molecular formula is C13H12BrNO4. The highest BCUT2D eigenvalue weighted by Crippen LogP contribution is 2.47. The average molecular weight is 326 g/mol. The van der Waals surface area contributed by atoms with Crippen molar-refractivity contribution in [2.45, 2.75) is 11.8 Å². The summed E-state index contributed by atoms with van der Waals surface area (Å²) in [5.74, 6) is -1.03. The number of carboxylic acids is 1. The number of halogens is 1. The van der Waals surface area contributed by atoms with Crippen LogP contribution < -0.4 is 4.90 Å². The molecule has 0 saturated carbocycles. The molecule has 6 heteroatoms. The quantitative estimate of drug-likeness (QED) is 0.854. The van der Waals surface area contributed by atoms with Crippen LogP contribution in [0.3, 0.4) is 0 Å². The highest BCUT2D eigenvalue weighted by atomic mass is 79.9. The molecule has 2 aliphatic heterocycles. The van der Waals surface area contributed by atoms with E-state index in [0.29, 0.717) is 29.8 Å². The van der Waals surface area contributed by atoms with Gasteiger partial charge in [0.1, 0.15) is 5.41 Å². The van der Waals surface area contributed by atoms with Crippen LogP contribution in [-0.2, 0) is 14.9 Å². The van der Waals surface area contributed by atoms with Crippen molar-refractivity contribution >= 4 is 33.5 Å². The molecule has 2 heterocycles. The molecule has 0 radical (unpaired) electrons. The Morgan fingerprint density at radius 3 is 2.84 bits per heavy atom. The third kappa shape index (κ3) is 1.56. The summed E-state index contributed by atoms with van der Waals surface area (Å²) < 4.78 is 5.89. The number of aromatic carboxylic acids is 1. The van der Waals surface area contributed by atoms with Gasteiger partial charge in [-0.05, 0) is 40.0 Å². The molecule has 1 aromatic rings. The van der Waals surface area contributed by atoms with Crippen LogP contribution in [0.15, 0.2) is 16.6 Å². The lowest BCUT2D eigenvalue weighted by Gasteiger charge is -2.19. The van der Waals surface area contributed by atoms with E-state index in [1.807, 2.05) is 0 Å². The van der Waals surface area contributed by atoms with Gasteiger partial charge in [0, 0.05) is 23.8 Å². The van der Waals surface area contributed by atoms with E-state index in [-0.39, 0.29) is 11.5 Å². The van der Waals surface area contributed by atoms with E-state index in [4.69, 9.17) is 9.84 Å². The van der Waals surface area contributed by atoms with Crippen LogP contribution in [-0.4, -0.2) is 37.2 Å². The van der Waals surface area contributed by atoms with Gasteiger partial charge in [-0.1, -0.05) is 0 Å². The van der Waals surface area contributed by atoms with Crippen LogP contribution in [0.5, 0.6) is 0 Å². The molecule has 100 valence electrons. The number of hydrogen-bond donors (Lipinski definition) is 1. The number of carboxylic acid groups (broad SMARTS) is 1. The van der Waals surface area contributed by atoms with E-state index < -0.39 is 11.4 Å². The van der Waals surface area contributed by atoms with Crippen molar-refractivity contribution in [3.63, 3.8) is 0 Å². The predicted octanol–water partition coefficient (Wildman–Crippen LogP) is 1.78. The Hall–Kier alpha value is -1.40. The highest BCUT2D eigenvalue weighted by molar-refractivity contribution is 9.10. The zero-order valence-corrected chi connectivity index (χ0v) is 11.9. The van der Waals surface area contributed by atoms with Gasteiger partial charge < -0.3 is 14.7 Å². The average Bonchev–Trinajstić information content (AvgIpc) is 2.92. The summed E-state index contributed by atoms with van der Waals surface area (Å²) in [4.78, 5) is 25.2. The molecule has 1 atom stereocenters. The van der Waals surface area contributed by atoms with Gasteiger partial charge in [0.15, 0.2) is 0 Å². The van der Waals surface area contributed by atoms with Crippen molar-refractivity contribution in [3.05, 3.63) is 27.7 Å². The minimum absolute atomic E-state index is 0.0190. The minimum atomic E-state index is -1.01. The number of nitrogens with zero attached hydrogens (tertiary/aromatic N) is 1. The fraction of sp³-hybridized carbons (Fsp3) is 0.385. The Bertz CT molecular complexity index is 593. The number of carbonyl (C=O) groups excluding carboxylic acids is 1. The number of anilines is 1. The van der Waals surface area contributed by atoms with Gasteiger partial charge in [-0.25, -0.2) is 4.79 Å². The second-order valence-electron chi connectivity index (χ2n) is 4.90. The summed E-state index contributed by atoms with van der Waals surface area (Å²) in [5.41, 5.74) is 1.05. The zero-order valence-electron chi connectivity index (χ0n) is 10.3. The van der Waals surface area contributed by atoms with E-state index >= 15 is 0 Å². The van der Waals surface area contributed by atoms with Gasteiger partial charge in [0.2, 0.25) is 5.91 Å². The fourth-order valence-corrected chi connectivity index (χ4v) is 3.39. The first kappa shape index (κ1) is 12.6. The molecular weight excluding hydrogens is 314 g/mol. The summed E-state index contributed by atoms with van der Waals surface area (Å²) in [6.07, 6.45) is 0.641. The van der Waals surface area contributed by atoms with Crippen LogP contribution in [0.25, 0.3) is 0 Å². The number of benzene rings is 1. The molecule has 0 aromatic heterocycles. The van der Waals surface area contributed by atoms with Crippen LogP contribution in [0, 0.1) is 0 Å². The van der Waals surface area contributed by atoms with Crippen LogP contribution in [0.1, 0.15) is 22.3 Å². The molecule has 0 bridgehead atoms. The first-order chi connectivity index (χ1) is 8.97. The van der Waals surface area contributed by atoms with Crippen LogP contribution in [0.4, 0.5) is 5.69 Å². The van der Waals surface area contributed by atoms with Crippen LogP contribution in [0.2, 0.25) is 0 Å². The number of likely N-dealkylation sites (N-methyl/N-ethyl adjacent to an activating group) is 1. The van der Waals surface area contributed by atoms with Gasteiger partial charge in [0.25, 0.3) is 0 Å². The standard InChI is InChI=1S/C13H12BrNO4/c1-15-10-4-7(11(16)17)9(14)5-8(10)13(12(15)18)2-3-19-6-13/h4-5H,2-3,6H2,1H3,(H,16,17). The highest BCUT2D eigenvalue weighted by Gasteiger charge is 2.52. The number of carbonyl (C=O) groups is 2. The summed E-state index contributed by atoms with van der Waals surface area (Å²) in [6.45, 7) is 0.916. The smallest absolute Gasteiger partial charge is 0.336 e. The summed E-state index contributed by atoms with van der Waals surface area (Å²) >= 11 is 3.27. The molecule has 1 N–H and O–H groups in total. The molecule has 1 aromatic carbocycles. The number of hydrogen-bond acceptors (Lipinski definition) is 3.